The highest BCUT2D eigenvalue weighted by molar-refractivity contribution is 5.29. The molecule has 2 aliphatic heterocycles. The van der Waals surface area contributed by atoms with E-state index in [1.165, 1.54) is 17.0 Å². The lowest BCUT2D eigenvalue weighted by molar-refractivity contribution is 0.193. The van der Waals surface area contributed by atoms with E-state index in [0.717, 1.165) is 51.4 Å². The Morgan fingerprint density at radius 3 is 3.12 bits per heavy atom. The van der Waals surface area contributed by atoms with Crippen LogP contribution < -0.4 is 5.32 Å². The molecule has 1 atom stereocenters. The molecular formula is C13H19N3O. The van der Waals surface area contributed by atoms with E-state index in [-0.39, 0.29) is 0 Å². The quantitative estimate of drug-likeness (QED) is 0.833. The van der Waals surface area contributed by atoms with E-state index in [4.69, 9.17) is 14.7 Å². The highest BCUT2D eigenvalue weighted by Crippen LogP contribution is 2.25. The first kappa shape index (κ1) is 11.1. The highest BCUT2D eigenvalue weighted by atomic mass is 16.5. The second-order valence-electron chi connectivity index (χ2n) is 4.79. The Labute approximate surface area is 102 Å². The molecule has 4 nitrogen and oxygen atoms in total. The minimum Gasteiger partial charge on any atom is -0.381 e. The van der Waals surface area contributed by atoms with Crippen molar-refractivity contribution >= 4 is 0 Å². The molecule has 17 heavy (non-hydrogen) atoms. The summed E-state index contributed by atoms with van der Waals surface area (Å²) in [5.41, 5.74) is 3.82. The van der Waals surface area contributed by atoms with Gasteiger partial charge in [0.15, 0.2) is 0 Å². The van der Waals surface area contributed by atoms with Crippen LogP contribution in [0.25, 0.3) is 0 Å². The smallest absolute Gasteiger partial charge is 0.134 e. The minimum atomic E-state index is 0.417. The van der Waals surface area contributed by atoms with Crippen LogP contribution >= 0.6 is 0 Å². The summed E-state index contributed by atoms with van der Waals surface area (Å²) in [5.74, 6) is 1.43. The standard InChI is InChI=1S/C13H19N3O/c1-2-11-10-7-14-5-3-12(10)16-13(15-11)9-4-6-17-8-9/h9,14H,2-8H2,1H3. The van der Waals surface area contributed by atoms with Gasteiger partial charge in [0.2, 0.25) is 0 Å². The molecule has 4 heteroatoms. The summed E-state index contributed by atoms with van der Waals surface area (Å²) in [6.07, 6.45) is 3.10. The highest BCUT2D eigenvalue weighted by Gasteiger charge is 2.24. The van der Waals surface area contributed by atoms with Gasteiger partial charge >= 0.3 is 0 Å². The fraction of sp³-hybridized carbons (Fsp3) is 0.692. The SMILES string of the molecule is CCc1nc(C2CCOC2)nc2c1CNCC2. The lowest BCUT2D eigenvalue weighted by Crippen LogP contribution is -2.27. The molecule has 3 heterocycles. The number of hydrogen-bond donors (Lipinski definition) is 1. The van der Waals surface area contributed by atoms with Crippen molar-refractivity contribution in [2.75, 3.05) is 19.8 Å². The van der Waals surface area contributed by atoms with Gasteiger partial charge in [-0.3, -0.25) is 0 Å². The average Bonchev–Trinajstić information content (AvgIpc) is 2.91. The van der Waals surface area contributed by atoms with Gasteiger partial charge in [0.25, 0.3) is 0 Å². The molecule has 0 amide bonds. The first-order chi connectivity index (χ1) is 8.38. The fourth-order valence-corrected chi connectivity index (χ4v) is 2.65. The number of hydrogen-bond acceptors (Lipinski definition) is 4. The monoisotopic (exact) mass is 233 g/mol. The van der Waals surface area contributed by atoms with E-state index in [1.807, 2.05) is 0 Å². The number of nitrogens with zero attached hydrogens (tertiary/aromatic N) is 2. The van der Waals surface area contributed by atoms with Crippen molar-refractivity contribution < 1.29 is 4.74 Å². The molecule has 1 fully saturated rings. The van der Waals surface area contributed by atoms with Gasteiger partial charge in [-0.15, -0.1) is 0 Å². The number of fused-ring (bicyclic) bond motifs is 1. The van der Waals surface area contributed by atoms with Crippen LogP contribution in [0.1, 0.15) is 42.0 Å². The van der Waals surface area contributed by atoms with E-state index in [1.54, 1.807) is 0 Å². The number of aromatic nitrogens is 2. The topological polar surface area (TPSA) is 47.0 Å². The maximum Gasteiger partial charge on any atom is 0.134 e. The van der Waals surface area contributed by atoms with Crippen LogP contribution in [0, 0.1) is 0 Å². The lowest BCUT2D eigenvalue weighted by Gasteiger charge is -2.20. The number of nitrogens with one attached hydrogen (secondary N) is 1. The Kier molecular flexibility index (Phi) is 3.07. The predicted molar refractivity (Wildman–Crippen MR) is 65.0 cm³/mol. The van der Waals surface area contributed by atoms with Crippen LogP contribution in [0.15, 0.2) is 0 Å². The fourth-order valence-electron chi connectivity index (χ4n) is 2.65. The Bertz CT molecular complexity index is 396. The largest absolute Gasteiger partial charge is 0.381 e. The van der Waals surface area contributed by atoms with Gasteiger partial charge in [0, 0.05) is 43.3 Å². The molecule has 1 N–H and O–H groups in total. The van der Waals surface area contributed by atoms with Crippen LogP contribution in [0.4, 0.5) is 0 Å². The number of ether oxygens (including phenoxy) is 1. The molecule has 0 saturated carbocycles. The van der Waals surface area contributed by atoms with Gasteiger partial charge in [-0.2, -0.15) is 0 Å². The van der Waals surface area contributed by atoms with Crippen LogP contribution in [-0.2, 0) is 24.1 Å². The summed E-state index contributed by atoms with van der Waals surface area (Å²) >= 11 is 0. The van der Waals surface area contributed by atoms with Gasteiger partial charge in [-0.05, 0) is 12.8 Å². The number of aryl methyl sites for hydroxylation is 1. The third-order valence-electron chi connectivity index (χ3n) is 3.67. The van der Waals surface area contributed by atoms with Gasteiger partial charge < -0.3 is 10.1 Å². The van der Waals surface area contributed by atoms with Crippen molar-refractivity contribution in [1.29, 1.82) is 0 Å². The molecule has 0 radical (unpaired) electrons. The van der Waals surface area contributed by atoms with Crippen molar-refractivity contribution in [2.45, 2.75) is 38.6 Å². The molecule has 1 saturated heterocycles. The van der Waals surface area contributed by atoms with E-state index in [9.17, 15) is 0 Å². The maximum atomic E-state index is 5.44. The third kappa shape index (κ3) is 2.07. The maximum absolute atomic E-state index is 5.44. The van der Waals surface area contributed by atoms with Gasteiger partial charge in [0.05, 0.1) is 12.3 Å². The average molecular weight is 233 g/mol. The van der Waals surface area contributed by atoms with Crippen LogP contribution in [-0.4, -0.2) is 29.7 Å². The van der Waals surface area contributed by atoms with Crippen molar-refractivity contribution in [3.05, 3.63) is 22.8 Å². The van der Waals surface area contributed by atoms with E-state index in [2.05, 4.69) is 12.2 Å². The normalized spacial score (nSPS) is 23.7. The molecule has 92 valence electrons. The summed E-state index contributed by atoms with van der Waals surface area (Å²) in [4.78, 5) is 9.53. The molecule has 0 aromatic carbocycles. The molecule has 2 aliphatic rings. The van der Waals surface area contributed by atoms with Crippen molar-refractivity contribution in [1.82, 2.24) is 15.3 Å². The molecule has 1 aromatic heterocycles. The molecule has 0 bridgehead atoms. The Balaban J connectivity index is 1.99. The Morgan fingerprint density at radius 1 is 1.41 bits per heavy atom. The molecule has 1 unspecified atom stereocenters. The van der Waals surface area contributed by atoms with Gasteiger partial charge in [0.1, 0.15) is 5.82 Å². The number of rotatable bonds is 2. The predicted octanol–water partition coefficient (Wildman–Crippen LogP) is 1.19. The van der Waals surface area contributed by atoms with Gasteiger partial charge in [-0.1, -0.05) is 6.92 Å². The Morgan fingerprint density at radius 2 is 2.35 bits per heavy atom. The zero-order chi connectivity index (χ0) is 11.7. The van der Waals surface area contributed by atoms with Crippen LogP contribution in [0.3, 0.4) is 0 Å². The summed E-state index contributed by atoms with van der Waals surface area (Å²) in [7, 11) is 0. The van der Waals surface area contributed by atoms with Crippen LogP contribution in [0.5, 0.6) is 0 Å². The Hall–Kier alpha value is -1.00. The third-order valence-corrected chi connectivity index (χ3v) is 3.67. The van der Waals surface area contributed by atoms with E-state index >= 15 is 0 Å². The zero-order valence-electron chi connectivity index (χ0n) is 10.3. The minimum absolute atomic E-state index is 0.417. The molecular weight excluding hydrogens is 214 g/mol. The van der Waals surface area contributed by atoms with Gasteiger partial charge in [-0.25, -0.2) is 9.97 Å². The zero-order valence-corrected chi connectivity index (χ0v) is 10.3. The molecule has 3 rings (SSSR count). The summed E-state index contributed by atoms with van der Waals surface area (Å²) < 4.78 is 5.44. The first-order valence-electron chi connectivity index (χ1n) is 6.55. The molecule has 0 aliphatic carbocycles. The van der Waals surface area contributed by atoms with Crippen molar-refractivity contribution in [2.24, 2.45) is 0 Å². The van der Waals surface area contributed by atoms with Crippen LogP contribution in [0.2, 0.25) is 0 Å². The van der Waals surface area contributed by atoms with Crippen molar-refractivity contribution in [3.8, 4) is 0 Å². The first-order valence-corrected chi connectivity index (χ1v) is 6.55. The summed E-state index contributed by atoms with van der Waals surface area (Å²) in [5, 5.41) is 3.40. The van der Waals surface area contributed by atoms with Crippen molar-refractivity contribution in [3.63, 3.8) is 0 Å². The summed E-state index contributed by atoms with van der Waals surface area (Å²) in [6.45, 7) is 5.79. The molecule has 0 spiro atoms. The second-order valence-corrected chi connectivity index (χ2v) is 4.79. The lowest BCUT2D eigenvalue weighted by atomic mass is 10.0. The van der Waals surface area contributed by atoms with E-state index < -0.39 is 0 Å². The second kappa shape index (κ2) is 4.70. The summed E-state index contributed by atoms with van der Waals surface area (Å²) in [6, 6.07) is 0. The molecule has 1 aromatic rings. The van der Waals surface area contributed by atoms with E-state index in [0.29, 0.717) is 5.92 Å².